The molecule has 0 radical (unpaired) electrons. The van der Waals surface area contributed by atoms with Crippen LogP contribution in [0.15, 0.2) is 29.2 Å². The zero-order valence-electron chi connectivity index (χ0n) is 12.7. The van der Waals surface area contributed by atoms with Crippen LogP contribution in [0, 0.1) is 6.92 Å². The molecule has 1 fully saturated rings. The Morgan fingerprint density at radius 3 is 2.68 bits per heavy atom. The van der Waals surface area contributed by atoms with Gasteiger partial charge in [0.2, 0.25) is 0 Å². The lowest BCUT2D eigenvalue weighted by atomic mass is 10.1. The molecular weight excluding hydrogens is 302 g/mol. The van der Waals surface area contributed by atoms with E-state index in [0.29, 0.717) is 4.91 Å². The third-order valence-electron chi connectivity index (χ3n) is 3.31. The summed E-state index contributed by atoms with van der Waals surface area (Å²) in [4.78, 5) is 37.4. The third kappa shape index (κ3) is 3.22. The summed E-state index contributed by atoms with van der Waals surface area (Å²) in [5.74, 6) is -1.04. The summed E-state index contributed by atoms with van der Waals surface area (Å²) in [7, 11) is 0. The Labute approximate surface area is 133 Å². The average molecular weight is 319 g/mol. The number of amides is 2. The van der Waals surface area contributed by atoms with Crippen molar-refractivity contribution in [1.29, 1.82) is 0 Å². The Kier molecular flexibility index (Phi) is 5.03. The number of nitrogens with zero attached hydrogens (tertiary/aromatic N) is 1. The van der Waals surface area contributed by atoms with Crippen LogP contribution in [0.5, 0.6) is 0 Å². The lowest BCUT2D eigenvalue weighted by molar-refractivity contribution is -0.150. The zero-order valence-corrected chi connectivity index (χ0v) is 13.5. The van der Waals surface area contributed by atoms with Crippen LogP contribution < -0.4 is 0 Å². The van der Waals surface area contributed by atoms with Crippen molar-refractivity contribution >= 4 is 35.0 Å². The van der Waals surface area contributed by atoms with Gasteiger partial charge in [-0.25, -0.2) is 4.79 Å². The largest absolute Gasteiger partial charge is 0.464 e. The van der Waals surface area contributed by atoms with Crippen LogP contribution in [0.4, 0.5) is 4.79 Å². The van der Waals surface area contributed by atoms with Crippen molar-refractivity contribution < 1.29 is 19.1 Å². The molecule has 6 heteroatoms. The van der Waals surface area contributed by atoms with E-state index in [2.05, 4.69) is 0 Å². The highest BCUT2D eigenvalue weighted by atomic mass is 32.2. The smallest absolute Gasteiger partial charge is 0.329 e. The fraction of sp³-hybridized carbons (Fsp3) is 0.312. The average Bonchev–Trinajstić information content (AvgIpc) is 2.75. The summed E-state index contributed by atoms with van der Waals surface area (Å²) < 4.78 is 4.87. The molecule has 5 nitrogen and oxygen atoms in total. The minimum absolute atomic E-state index is 0.207. The molecule has 22 heavy (non-hydrogen) atoms. The number of benzene rings is 1. The van der Waals surface area contributed by atoms with Gasteiger partial charge in [0.05, 0.1) is 11.5 Å². The molecule has 2 amide bonds. The number of imide groups is 1. The number of carbonyl (C=O) groups excluding carboxylic acids is 3. The van der Waals surface area contributed by atoms with E-state index in [9.17, 15) is 14.4 Å². The van der Waals surface area contributed by atoms with Crippen LogP contribution in [0.3, 0.4) is 0 Å². The number of carbonyl (C=O) groups is 3. The molecule has 1 unspecified atom stereocenters. The normalized spacial score (nSPS) is 18.0. The molecule has 2 rings (SSSR count). The monoisotopic (exact) mass is 319 g/mol. The molecule has 0 aromatic heterocycles. The van der Waals surface area contributed by atoms with E-state index in [1.165, 1.54) is 6.92 Å². The van der Waals surface area contributed by atoms with Crippen LogP contribution in [-0.4, -0.2) is 34.7 Å². The predicted octanol–water partition coefficient (Wildman–Crippen LogP) is 2.98. The Hall–Kier alpha value is -2.08. The summed E-state index contributed by atoms with van der Waals surface area (Å²) in [5, 5.41) is -0.453. The number of aryl methyl sites for hydroxylation is 1. The van der Waals surface area contributed by atoms with Gasteiger partial charge in [-0.2, -0.15) is 0 Å². The molecule has 0 N–H and O–H groups in total. The maximum Gasteiger partial charge on any atom is 0.329 e. The van der Waals surface area contributed by atoms with Crippen LogP contribution >= 0.6 is 11.8 Å². The summed E-state index contributed by atoms with van der Waals surface area (Å²) in [6.45, 7) is 5.30. The molecular formula is C16H17NO4S. The second-order valence-corrected chi connectivity index (χ2v) is 5.83. The van der Waals surface area contributed by atoms with Crippen molar-refractivity contribution in [2.45, 2.75) is 26.8 Å². The molecule has 0 spiro atoms. The van der Waals surface area contributed by atoms with Crippen molar-refractivity contribution in [1.82, 2.24) is 4.90 Å². The molecule has 116 valence electrons. The van der Waals surface area contributed by atoms with Gasteiger partial charge in [0, 0.05) is 0 Å². The third-order valence-corrected chi connectivity index (χ3v) is 4.20. The molecule has 1 atom stereocenters. The van der Waals surface area contributed by atoms with E-state index in [-0.39, 0.29) is 6.61 Å². The van der Waals surface area contributed by atoms with E-state index in [1.54, 1.807) is 13.0 Å². The lowest BCUT2D eigenvalue weighted by Crippen LogP contribution is -2.42. The van der Waals surface area contributed by atoms with E-state index in [0.717, 1.165) is 27.8 Å². The van der Waals surface area contributed by atoms with Crippen LogP contribution in [0.25, 0.3) is 6.08 Å². The van der Waals surface area contributed by atoms with Gasteiger partial charge >= 0.3 is 5.97 Å². The first kappa shape index (κ1) is 16.3. The quantitative estimate of drug-likeness (QED) is 0.630. The number of hydrogen-bond donors (Lipinski definition) is 0. The highest BCUT2D eigenvalue weighted by Gasteiger charge is 2.41. The molecule has 1 aliphatic heterocycles. The second kappa shape index (κ2) is 6.79. The van der Waals surface area contributed by atoms with Gasteiger partial charge in [-0.05, 0) is 49.7 Å². The first-order valence-electron chi connectivity index (χ1n) is 6.95. The van der Waals surface area contributed by atoms with Gasteiger partial charge in [-0.3, -0.25) is 14.5 Å². The van der Waals surface area contributed by atoms with E-state index < -0.39 is 23.2 Å². The Bertz CT molecular complexity index is 653. The summed E-state index contributed by atoms with van der Waals surface area (Å²) >= 11 is 0.840. The maximum absolute atomic E-state index is 12.4. The van der Waals surface area contributed by atoms with Gasteiger partial charge < -0.3 is 4.74 Å². The number of hydrogen-bond acceptors (Lipinski definition) is 5. The van der Waals surface area contributed by atoms with Crippen LogP contribution in [-0.2, 0) is 14.3 Å². The van der Waals surface area contributed by atoms with Crippen molar-refractivity contribution in [3.63, 3.8) is 0 Å². The lowest BCUT2D eigenvalue weighted by Gasteiger charge is -2.19. The first-order chi connectivity index (χ1) is 10.5. The van der Waals surface area contributed by atoms with Crippen LogP contribution in [0.1, 0.15) is 25.0 Å². The van der Waals surface area contributed by atoms with Crippen LogP contribution in [0.2, 0.25) is 0 Å². The number of thioether (sulfide) groups is 1. The maximum atomic E-state index is 12.4. The van der Waals surface area contributed by atoms with Gasteiger partial charge in [-0.15, -0.1) is 0 Å². The molecule has 1 aromatic rings. The number of ether oxygens (including phenoxy) is 1. The fourth-order valence-corrected chi connectivity index (χ4v) is 2.97. The molecule has 1 aromatic carbocycles. The molecule has 0 aliphatic carbocycles. The number of esters is 1. The highest BCUT2D eigenvalue weighted by Crippen LogP contribution is 2.34. The molecule has 1 heterocycles. The van der Waals surface area contributed by atoms with Gasteiger partial charge in [0.25, 0.3) is 11.1 Å². The molecule has 1 saturated heterocycles. The summed E-state index contributed by atoms with van der Waals surface area (Å²) in [5.41, 5.74) is 1.88. The Morgan fingerprint density at radius 1 is 1.36 bits per heavy atom. The summed E-state index contributed by atoms with van der Waals surface area (Å²) in [6, 6.07) is 6.65. The van der Waals surface area contributed by atoms with E-state index in [1.807, 2.05) is 31.2 Å². The Morgan fingerprint density at radius 2 is 2.05 bits per heavy atom. The van der Waals surface area contributed by atoms with Crippen molar-refractivity contribution in [2.75, 3.05) is 6.61 Å². The zero-order chi connectivity index (χ0) is 16.3. The standard InChI is InChI=1S/C16H17NO4S/c1-4-21-15(19)11(3)17-14(18)13(22-16(17)20)9-12-8-6-5-7-10(12)2/h5-9,11H,4H2,1-3H3/b13-9+. The first-order valence-corrected chi connectivity index (χ1v) is 7.76. The predicted molar refractivity (Wildman–Crippen MR) is 85.1 cm³/mol. The van der Waals surface area contributed by atoms with Crippen molar-refractivity contribution in [3.05, 3.63) is 40.3 Å². The molecule has 0 saturated carbocycles. The number of rotatable bonds is 4. The van der Waals surface area contributed by atoms with E-state index >= 15 is 0 Å². The van der Waals surface area contributed by atoms with E-state index in [4.69, 9.17) is 4.74 Å². The van der Waals surface area contributed by atoms with Crippen molar-refractivity contribution in [2.24, 2.45) is 0 Å². The summed E-state index contributed by atoms with van der Waals surface area (Å²) in [6.07, 6.45) is 1.68. The topological polar surface area (TPSA) is 63.7 Å². The van der Waals surface area contributed by atoms with Gasteiger partial charge in [-0.1, -0.05) is 24.3 Å². The molecule has 0 bridgehead atoms. The van der Waals surface area contributed by atoms with Gasteiger partial charge in [0.1, 0.15) is 6.04 Å². The molecule has 1 aliphatic rings. The SMILES string of the molecule is CCOC(=O)C(C)N1C(=O)S/C(=C/c2ccccc2C)C1=O. The second-order valence-electron chi connectivity index (χ2n) is 4.84. The fourth-order valence-electron chi connectivity index (χ4n) is 2.07. The minimum Gasteiger partial charge on any atom is -0.464 e. The van der Waals surface area contributed by atoms with Crippen molar-refractivity contribution in [3.8, 4) is 0 Å². The minimum atomic E-state index is -0.921. The van der Waals surface area contributed by atoms with Gasteiger partial charge in [0.15, 0.2) is 0 Å². The highest BCUT2D eigenvalue weighted by molar-refractivity contribution is 8.18. The Balaban J connectivity index is 2.26.